The molecular weight excluding hydrogens is 314 g/mol. The Hall–Kier alpha value is -3.08. The maximum atomic E-state index is 12.1. The number of carbonyl (C=O) groups excluding carboxylic acids is 2. The Bertz CT molecular complexity index is 871. The first-order chi connectivity index (χ1) is 12.1. The van der Waals surface area contributed by atoms with Crippen molar-refractivity contribution in [3.05, 3.63) is 66.4 Å². The highest BCUT2D eigenvalue weighted by Crippen LogP contribution is 2.22. The van der Waals surface area contributed by atoms with Crippen LogP contribution in [0.2, 0.25) is 0 Å². The molecule has 0 saturated carbocycles. The fourth-order valence-electron chi connectivity index (χ4n) is 2.80. The van der Waals surface area contributed by atoms with Crippen LogP contribution in [-0.4, -0.2) is 23.3 Å². The monoisotopic (exact) mass is 335 g/mol. The fraction of sp³-hybridized carbons (Fsp3) is 0.200. The number of nitrogens with one attached hydrogen (secondary N) is 3. The molecule has 3 N–H and O–H groups in total. The summed E-state index contributed by atoms with van der Waals surface area (Å²) in [6.45, 7) is 2.56. The van der Waals surface area contributed by atoms with Gasteiger partial charge in [0.25, 0.3) is 0 Å². The van der Waals surface area contributed by atoms with Crippen LogP contribution in [0.15, 0.2) is 60.8 Å². The summed E-state index contributed by atoms with van der Waals surface area (Å²) < 4.78 is 0. The molecule has 0 fully saturated rings. The Morgan fingerprint density at radius 2 is 1.80 bits per heavy atom. The normalized spacial score (nSPS) is 11.9. The van der Waals surface area contributed by atoms with E-state index in [1.54, 1.807) is 12.3 Å². The summed E-state index contributed by atoms with van der Waals surface area (Å²) in [6.07, 6.45) is 2.57. The van der Waals surface area contributed by atoms with Crippen LogP contribution in [-0.2, 0) is 9.59 Å². The van der Waals surface area contributed by atoms with Gasteiger partial charge in [0, 0.05) is 23.6 Å². The highest BCUT2D eigenvalue weighted by Gasteiger charge is 2.15. The summed E-state index contributed by atoms with van der Waals surface area (Å²) in [7, 11) is 0. The van der Waals surface area contributed by atoms with E-state index >= 15 is 0 Å². The SMILES string of the molecule is CC(CCNC(=O)C(=O)Nc1cccc2[nH]ccc12)c1ccccc1. The maximum absolute atomic E-state index is 12.1. The Morgan fingerprint density at radius 1 is 1.00 bits per heavy atom. The van der Waals surface area contributed by atoms with Crippen molar-refractivity contribution in [2.24, 2.45) is 0 Å². The van der Waals surface area contributed by atoms with E-state index in [1.807, 2.05) is 36.4 Å². The molecule has 1 atom stereocenters. The van der Waals surface area contributed by atoms with Crippen molar-refractivity contribution in [2.45, 2.75) is 19.3 Å². The number of hydrogen-bond donors (Lipinski definition) is 3. The van der Waals surface area contributed by atoms with E-state index < -0.39 is 11.8 Å². The second-order valence-corrected chi connectivity index (χ2v) is 6.05. The highest BCUT2D eigenvalue weighted by atomic mass is 16.2. The third kappa shape index (κ3) is 4.07. The first kappa shape index (κ1) is 16.8. The molecule has 0 bridgehead atoms. The van der Waals surface area contributed by atoms with Crippen molar-refractivity contribution < 1.29 is 9.59 Å². The standard InChI is InChI=1S/C20H21N3O2/c1-14(15-6-3-2-4-7-15)10-12-22-19(24)20(25)23-18-9-5-8-17-16(18)11-13-21-17/h2-9,11,13-14,21H,10,12H2,1H3,(H,22,24)(H,23,25). The van der Waals surface area contributed by atoms with E-state index in [-0.39, 0.29) is 0 Å². The summed E-state index contributed by atoms with van der Waals surface area (Å²) in [4.78, 5) is 27.2. The number of aromatic amines is 1. The molecule has 0 aliphatic carbocycles. The van der Waals surface area contributed by atoms with Gasteiger partial charge in [0.15, 0.2) is 0 Å². The third-order valence-electron chi connectivity index (χ3n) is 4.28. The molecule has 5 nitrogen and oxygen atoms in total. The van der Waals surface area contributed by atoms with Gasteiger partial charge < -0.3 is 15.6 Å². The molecule has 0 spiro atoms. The molecular formula is C20H21N3O2. The molecule has 25 heavy (non-hydrogen) atoms. The van der Waals surface area contributed by atoms with Crippen molar-refractivity contribution in [3.63, 3.8) is 0 Å². The van der Waals surface area contributed by atoms with Crippen LogP contribution in [0.4, 0.5) is 5.69 Å². The lowest BCUT2D eigenvalue weighted by molar-refractivity contribution is -0.136. The van der Waals surface area contributed by atoms with E-state index in [1.165, 1.54) is 5.56 Å². The Kier molecular flexibility index (Phi) is 5.14. The van der Waals surface area contributed by atoms with E-state index in [4.69, 9.17) is 0 Å². The maximum Gasteiger partial charge on any atom is 0.313 e. The molecule has 1 heterocycles. The van der Waals surface area contributed by atoms with Gasteiger partial charge >= 0.3 is 11.8 Å². The second kappa shape index (κ2) is 7.66. The van der Waals surface area contributed by atoms with Crippen LogP contribution in [0.1, 0.15) is 24.8 Å². The Labute approximate surface area is 146 Å². The summed E-state index contributed by atoms with van der Waals surface area (Å²) in [6, 6.07) is 17.5. The second-order valence-electron chi connectivity index (χ2n) is 6.05. The molecule has 5 heteroatoms. The number of aromatic nitrogens is 1. The van der Waals surface area contributed by atoms with Gasteiger partial charge in [0.2, 0.25) is 0 Å². The highest BCUT2D eigenvalue weighted by molar-refractivity contribution is 6.40. The zero-order valence-corrected chi connectivity index (χ0v) is 14.1. The molecule has 2 amide bonds. The number of hydrogen-bond acceptors (Lipinski definition) is 2. The first-order valence-corrected chi connectivity index (χ1v) is 8.35. The fourth-order valence-corrected chi connectivity index (χ4v) is 2.80. The third-order valence-corrected chi connectivity index (χ3v) is 4.28. The van der Waals surface area contributed by atoms with Gasteiger partial charge in [-0.15, -0.1) is 0 Å². The minimum Gasteiger partial charge on any atom is -0.361 e. The number of rotatable bonds is 5. The predicted octanol–water partition coefficient (Wildman–Crippen LogP) is 3.42. The van der Waals surface area contributed by atoms with Crippen LogP contribution >= 0.6 is 0 Å². The van der Waals surface area contributed by atoms with E-state index in [2.05, 4.69) is 34.7 Å². The largest absolute Gasteiger partial charge is 0.361 e. The van der Waals surface area contributed by atoms with Gasteiger partial charge in [-0.3, -0.25) is 9.59 Å². The van der Waals surface area contributed by atoms with E-state index in [9.17, 15) is 9.59 Å². The van der Waals surface area contributed by atoms with Crippen molar-refractivity contribution in [1.29, 1.82) is 0 Å². The Balaban J connectivity index is 1.51. The molecule has 1 aromatic heterocycles. The quantitative estimate of drug-likeness (QED) is 0.625. The van der Waals surface area contributed by atoms with Crippen LogP contribution < -0.4 is 10.6 Å². The topological polar surface area (TPSA) is 74.0 Å². The van der Waals surface area contributed by atoms with Crippen molar-refractivity contribution in [3.8, 4) is 0 Å². The first-order valence-electron chi connectivity index (χ1n) is 8.35. The molecule has 1 unspecified atom stereocenters. The van der Waals surface area contributed by atoms with E-state index in [0.29, 0.717) is 18.2 Å². The van der Waals surface area contributed by atoms with Gasteiger partial charge in [0.1, 0.15) is 0 Å². The summed E-state index contributed by atoms with van der Waals surface area (Å²) in [5.41, 5.74) is 2.76. The molecule has 3 rings (SSSR count). The lowest BCUT2D eigenvalue weighted by atomic mass is 9.98. The lowest BCUT2D eigenvalue weighted by Crippen LogP contribution is -2.36. The molecule has 2 aromatic carbocycles. The molecule has 0 aliphatic heterocycles. The minimum absolute atomic E-state index is 0.318. The molecule has 0 aliphatic rings. The zero-order valence-electron chi connectivity index (χ0n) is 14.1. The number of carbonyl (C=O) groups is 2. The average molecular weight is 335 g/mol. The number of anilines is 1. The summed E-state index contributed by atoms with van der Waals surface area (Å²) in [5.74, 6) is -0.952. The van der Waals surface area contributed by atoms with Crippen molar-refractivity contribution >= 4 is 28.4 Å². The van der Waals surface area contributed by atoms with Gasteiger partial charge in [-0.2, -0.15) is 0 Å². The smallest absolute Gasteiger partial charge is 0.313 e. The van der Waals surface area contributed by atoms with Crippen molar-refractivity contribution in [2.75, 3.05) is 11.9 Å². The van der Waals surface area contributed by atoms with Crippen LogP contribution in [0.25, 0.3) is 10.9 Å². The zero-order chi connectivity index (χ0) is 17.6. The van der Waals surface area contributed by atoms with Gasteiger partial charge in [0.05, 0.1) is 5.69 Å². The van der Waals surface area contributed by atoms with Gasteiger partial charge in [-0.25, -0.2) is 0 Å². The summed E-state index contributed by atoms with van der Waals surface area (Å²) >= 11 is 0. The van der Waals surface area contributed by atoms with Crippen LogP contribution in [0.3, 0.4) is 0 Å². The molecule has 0 saturated heterocycles. The predicted molar refractivity (Wildman–Crippen MR) is 99.4 cm³/mol. The summed E-state index contributed by atoms with van der Waals surface area (Å²) in [5, 5.41) is 6.23. The average Bonchev–Trinajstić information content (AvgIpc) is 3.12. The van der Waals surface area contributed by atoms with E-state index in [0.717, 1.165) is 17.3 Å². The molecule has 3 aromatic rings. The van der Waals surface area contributed by atoms with Crippen LogP contribution in [0, 0.1) is 0 Å². The Morgan fingerprint density at radius 3 is 2.60 bits per heavy atom. The number of H-pyrrole nitrogens is 1. The van der Waals surface area contributed by atoms with Gasteiger partial charge in [-0.1, -0.05) is 43.3 Å². The lowest BCUT2D eigenvalue weighted by Gasteiger charge is -2.12. The molecule has 0 radical (unpaired) electrons. The number of fused-ring (bicyclic) bond motifs is 1. The minimum atomic E-state index is -0.652. The molecule has 128 valence electrons. The van der Waals surface area contributed by atoms with Gasteiger partial charge in [-0.05, 0) is 36.1 Å². The van der Waals surface area contributed by atoms with Crippen LogP contribution in [0.5, 0.6) is 0 Å². The number of amides is 2. The van der Waals surface area contributed by atoms with Crippen molar-refractivity contribution in [1.82, 2.24) is 10.3 Å². The number of benzene rings is 2.